The van der Waals surface area contributed by atoms with Crippen LogP contribution in [0.3, 0.4) is 0 Å². The molecule has 0 unspecified atom stereocenters. The Balaban J connectivity index is 2.27. The van der Waals surface area contributed by atoms with Crippen LogP contribution in [0.2, 0.25) is 0 Å². The minimum absolute atomic E-state index is 0.0335. The van der Waals surface area contributed by atoms with Crippen LogP contribution in [0.5, 0.6) is 0 Å². The van der Waals surface area contributed by atoms with Crippen LogP contribution in [-0.4, -0.2) is 31.6 Å². The van der Waals surface area contributed by atoms with Crippen LogP contribution in [0.1, 0.15) is 36.5 Å². The van der Waals surface area contributed by atoms with Crippen LogP contribution >= 0.6 is 0 Å². The lowest BCUT2D eigenvalue weighted by Crippen LogP contribution is -2.27. The number of esters is 1. The van der Waals surface area contributed by atoms with Crippen LogP contribution < -0.4 is 10.2 Å². The van der Waals surface area contributed by atoms with E-state index in [0.29, 0.717) is 25.9 Å². The molecule has 0 heterocycles. The summed E-state index contributed by atoms with van der Waals surface area (Å²) < 4.78 is 5.11. The highest BCUT2D eigenvalue weighted by atomic mass is 16.5. The van der Waals surface area contributed by atoms with Crippen molar-refractivity contribution in [3.63, 3.8) is 0 Å². The fourth-order valence-corrected chi connectivity index (χ4v) is 3.18. The van der Waals surface area contributed by atoms with Gasteiger partial charge in [0.2, 0.25) is 5.91 Å². The van der Waals surface area contributed by atoms with Crippen LogP contribution in [0.25, 0.3) is 12.2 Å². The third-order valence-corrected chi connectivity index (χ3v) is 4.89. The fourth-order valence-electron chi connectivity index (χ4n) is 3.18. The Hall–Kier alpha value is -4.36. The summed E-state index contributed by atoms with van der Waals surface area (Å²) in [7, 11) is 0. The van der Waals surface area contributed by atoms with E-state index >= 15 is 0 Å². The maximum absolute atomic E-state index is 12.5. The third-order valence-electron chi connectivity index (χ3n) is 4.89. The zero-order chi connectivity index (χ0) is 24.8. The Bertz CT molecular complexity index is 1110. The van der Waals surface area contributed by atoms with Crippen molar-refractivity contribution in [3.8, 4) is 12.1 Å². The van der Waals surface area contributed by atoms with Gasteiger partial charge < -0.3 is 15.0 Å². The highest BCUT2D eigenvalue weighted by Crippen LogP contribution is 2.22. The molecule has 0 radical (unpaired) electrons. The largest absolute Gasteiger partial charge is 0.461 e. The summed E-state index contributed by atoms with van der Waals surface area (Å²) >= 11 is 0. The second kappa shape index (κ2) is 13.9. The highest BCUT2D eigenvalue weighted by Gasteiger charge is 2.14. The molecule has 0 bridgehead atoms. The number of carbonyl (C=O) groups excluding carboxylic acids is 2. The number of hydrogen-bond acceptors (Lipinski definition) is 6. The van der Waals surface area contributed by atoms with Gasteiger partial charge in [-0.1, -0.05) is 36.4 Å². The first-order valence-electron chi connectivity index (χ1n) is 11.0. The molecule has 0 saturated carbocycles. The first-order valence-corrected chi connectivity index (χ1v) is 11.0. The summed E-state index contributed by atoms with van der Waals surface area (Å²) in [5, 5.41) is 20.5. The van der Waals surface area contributed by atoms with Gasteiger partial charge in [0.05, 0.1) is 31.6 Å². The molecular formula is C27H28N4O3. The van der Waals surface area contributed by atoms with Crippen molar-refractivity contribution >= 4 is 29.7 Å². The van der Waals surface area contributed by atoms with Crippen LogP contribution in [0, 0.1) is 29.6 Å². The van der Waals surface area contributed by atoms with Gasteiger partial charge in [-0.25, -0.2) is 4.79 Å². The predicted molar refractivity (Wildman–Crippen MR) is 132 cm³/mol. The average Bonchev–Trinajstić information content (AvgIpc) is 2.84. The van der Waals surface area contributed by atoms with Gasteiger partial charge in [0, 0.05) is 24.9 Å². The van der Waals surface area contributed by atoms with Crippen molar-refractivity contribution < 1.29 is 14.3 Å². The molecule has 0 aliphatic carbocycles. The molecule has 2 aromatic rings. The highest BCUT2D eigenvalue weighted by molar-refractivity contribution is 6.02. The van der Waals surface area contributed by atoms with Crippen LogP contribution in [0.4, 0.5) is 5.69 Å². The molecule has 1 N–H and O–H groups in total. The van der Waals surface area contributed by atoms with Crippen molar-refractivity contribution in [2.24, 2.45) is 0 Å². The van der Waals surface area contributed by atoms with E-state index in [1.54, 1.807) is 19.1 Å². The number of amides is 1. The molecule has 7 nitrogen and oxygen atoms in total. The Morgan fingerprint density at radius 1 is 1.06 bits per heavy atom. The van der Waals surface area contributed by atoms with Gasteiger partial charge in [0.1, 0.15) is 5.70 Å². The molecule has 0 fully saturated rings. The number of anilines is 1. The summed E-state index contributed by atoms with van der Waals surface area (Å²) in [6.07, 6.45) is 5.30. The lowest BCUT2D eigenvalue weighted by atomic mass is 10.1. The lowest BCUT2D eigenvalue weighted by molar-refractivity contribution is -0.139. The number of nitrogens with zero attached hydrogens (tertiary/aromatic N) is 3. The molecule has 174 valence electrons. The van der Waals surface area contributed by atoms with Gasteiger partial charge in [-0.3, -0.25) is 4.79 Å². The number of aryl methyl sites for hydroxylation is 1. The molecule has 0 saturated heterocycles. The van der Waals surface area contributed by atoms with E-state index in [-0.39, 0.29) is 12.3 Å². The van der Waals surface area contributed by atoms with E-state index in [9.17, 15) is 9.59 Å². The summed E-state index contributed by atoms with van der Waals surface area (Å²) in [5.74, 6) is -1.08. The molecule has 7 heteroatoms. The van der Waals surface area contributed by atoms with Crippen LogP contribution in [0.15, 0.2) is 60.3 Å². The number of nitriles is 2. The average molecular weight is 457 g/mol. The number of hydrogen-bond donors (Lipinski definition) is 1. The standard InChI is InChI=1S/C27H28N4O3/c1-3-34-27(33)25(30-26(32)14-11-22-9-5-4-6-10-22)20-23-12-13-24(19-21(23)2)31(17-7-15-28)18-8-16-29/h4-6,9-14,19-20H,3,7-8,17-18H2,1-2H3,(H,30,32)/b14-11+,25-20+. The lowest BCUT2D eigenvalue weighted by Gasteiger charge is -2.23. The normalized spacial score (nSPS) is 10.9. The smallest absolute Gasteiger partial charge is 0.354 e. The zero-order valence-corrected chi connectivity index (χ0v) is 19.5. The number of nitrogens with one attached hydrogen (secondary N) is 1. The van der Waals surface area contributed by atoms with E-state index in [1.807, 2.05) is 60.4 Å². The Labute approximate surface area is 200 Å². The zero-order valence-electron chi connectivity index (χ0n) is 19.5. The number of rotatable bonds is 11. The Morgan fingerprint density at radius 2 is 1.74 bits per heavy atom. The minimum atomic E-state index is -0.628. The second-order valence-electron chi connectivity index (χ2n) is 7.36. The van der Waals surface area contributed by atoms with E-state index in [1.165, 1.54) is 6.08 Å². The maximum Gasteiger partial charge on any atom is 0.354 e. The van der Waals surface area contributed by atoms with Gasteiger partial charge >= 0.3 is 5.97 Å². The SMILES string of the molecule is CCOC(=O)/C(=C\c1ccc(N(CCC#N)CCC#N)cc1C)NC(=O)/C=C/c1ccccc1. The summed E-state index contributed by atoms with van der Waals surface area (Å²) in [6, 6.07) is 19.3. The van der Waals surface area contributed by atoms with Crippen molar-refractivity contribution in [2.45, 2.75) is 26.7 Å². The fraction of sp³-hybridized carbons (Fsp3) is 0.259. The molecule has 0 atom stereocenters. The number of benzene rings is 2. The van der Waals surface area contributed by atoms with Gasteiger partial charge in [0.25, 0.3) is 0 Å². The van der Waals surface area contributed by atoms with E-state index in [4.69, 9.17) is 15.3 Å². The topological polar surface area (TPSA) is 106 Å². The number of ether oxygens (including phenoxy) is 1. The predicted octanol–water partition coefficient (Wildman–Crippen LogP) is 4.36. The van der Waals surface area contributed by atoms with E-state index < -0.39 is 11.9 Å². The van der Waals surface area contributed by atoms with Crippen molar-refractivity contribution in [1.29, 1.82) is 10.5 Å². The molecule has 2 aromatic carbocycles. The van der Waals surface area contributed by atoms with Gasteiger partial charge in [0.15, 0.2) is 0 Å². The molecule has 2 rings (SSSR count). The van der Waals surface area contributed by atoms with Crippen molar-refractivity contribution in [1.82, 2.24) is 5.32 Å². The first-order chi connectivity index (χ1) is 16.5. The summed E-state index contributed by atoms with van der Waals surface area (Å²) in [5.41, 5.74) is 3.38. The third kappa shape index (κ3) is 8.29. The minimum Gasteiger partial charge on any atom is -0.461 e. The Kier molecular flexibility index (Phi) is 10.6. The maximum atomic E-state index is 12.5. The van der Waals surface area contributed by atoms with E-state index in [0.717, 1.165) is 22.4 Å². The van der Waals surface area contributed by atoms with Crippen LogP contribution in [-0.2, 0) is 14.3 Å². The molecule has 0 aliphatic heterocycles. The van der Waals surface area contributed by atoms with Gasteiger partial charge in [-0.15, -0.1) is 0 Å². The molecule has 0 aliphatic rings. The molecule has 1 amide bonds. The van der Waals surface area contributed by atoms with Crippen molar-refractivity contribution in [3.05, 3.63) is 77.0 Å². The van der Waals surface area contributed by atoms with Crippen molar-refractivity contribution in [2.75, 3.05) is 24.6 Å². The summed E-state index contributed by atoms with van der Waals surface area (Å²) in [6.45, 7) is 4.80. The first kappa shape index (κ1) is 25.9. The van der Waals surface area contributed by atoms with Gasteiger partial charge in [-0.05, 0) is 54.8 Å². The molecule has 34 heavy (non-hydrogen) atoms. The quantitative estimate of drug-likeness (QED) is 0.398. The Morgan fingerprint density at radius 3 is 2.32 bits per heavy atom. The monoisotopic (exact) mass is 456 g/mol. The molecular weight excluding hydrogens is 428 g/mol. The molecule has 0 spiro atoms. The summed E-state index contributed by atoms with van der Waals surface area (Å²) in [4.78, 5) is 26.9. The number of carbonyl (C=O) groups is 2. The second-order valence-corrected chi connectivity index (χ2v) is 7.36. The molecule has 0 aromatic heterocycles. The van der Waals surface area contributed by atoms with Gasteiger partial charge in [-0.2, -0.15) is 10.5 Å². The van der Waals surface area contributed by atoms with E-state index in [2.05, 4.69) is 17.5 Å².